The number of carbonyl (C=O) groups is 2. The molecule has 0 saturated carbocycles. The quantitative estimate of drug-likeness (QED) is 0.575. The smallest absolute Gasteiger partial charge is 0.294 e. The fraction of sp³-hybridized carbons (Fsp3) is 0.200. The molecule has 1 fully saturated rings. The third-order valence-electron chi connectivity index (χ3n) is 2.33. The van der Waals surface area contributed by atoms with Crippen LogP contribution in [0.15, 0.2) is 12.1 Å². The summed E-state index contributed by atoms with van der Waals surface area (Å²) in [5, 5.41) is -0.343. The summed E-state index contributed by atoms with van der Waals surface area (Å²) in [6.45, 7) is 0.274. The van der Waals surface area contributed by atoms with Crippen LogP contribution < -0.4 is 4.90 Å². The third-order valence-corrected chi connectivity index (χ3v) is 2.88. The Morgan fingerprint density at radius 2 is 1.75 bits per heavy atom. The van der Waals surface area contributed by atoms with Crippen molar-refractivity contribution < 1.29 is 14.0 Å². The van der Waals surface area contributed by atoms with Gasteiger partial charge in [0, 0.05) is 18.7 Å². The molecule has 0 aromatic heterocycles. The minimum absolute atomic E-state index is 0.158. The molecule has 0 spiro atoms. The molecule has 1 aliphatic rings. The highest BCUT2D eigenvalue weighted by molar-refractivity contribution is 6.44. The van der Waals surface area contributed by atoms with Crippen LogP contribution in [0, 0.1) is 5.82 Å². The fourth-order valence-corrected chi connectivity index (χ4v) is 1.99. The van der Waals surface area contributed by atoms with Gasteiger partial charge in [0.05, 0.1) is 10.0 Å². The Bertz CT molecular complexity index is 467. The second-order valence-corrected chi connectivity index (χ2v) is 4.17. The zero-order chi connectivity index (χ0) is 11.9. The summed E-state index contributed by atoms with van der Waals surface area (Å²) < 4.78 is 13.1. The number of Topliss-reactive ketones (excluding diaryl/α,β-unsaturated/α-hetero) is 1. The van der Waals surface area contributed by atoms with Gasteiger partial charge in [-0.1, -0.05) is 23.2 Å². The van der Waals surface area contributed by atoms with Crippen molar-refractivity contribution in [2.24, 2.45) is 0 Å². The van der Waals surface area contributed by atoms with E-state index in [1.54, 1.807) is 0 Å². The summed E-state index contributed by atoms with van der Waals surface area (Å²) in [6.07, 6.45) is 0.158. The van der Waals surface area contributed by atoms with Gasteiger partial charge in [-0.25, -0.2) is 4.39 Å². The third kappa shape index (κ3) is 1.79. The van der Waals surface area contributed by atoms with Gasteiger partial charge >= 0.3 is 0 Å². The molecule has 84 valence electrons. The molecule has 0 aliphatic carbocycles. The Hall–Kier alpha value is -1.13. The van der Waals surface area contributed by atoms with E-state index in [1.807, 2.05) is 0 Å². The minimum Gasteiger partial charge on any atom is -0.305 e. The zero-order valence-corrected chi connectivity index (χ0v) is 9.48. The predicted octanol–water partition coefficient (Wildman–Crippen LogP) is 2.44. The van der Waals surface area contributed by atoms with Crippen LogP contribution in [-0.4, -0.2) is 18.2 Å². The Labute approximate surface area is 101 Å². The van der Waals surface area contributed by atoms with E-state index in [0.717, 1.165) is 0 Å². The van der Waals surface area contributed by atoms with E-state index in [1.165, 1.54) is 17.0 Å². The van der Waals surface area contributed by atoms with Crippen molar-refractivity contribution in [2.75, 3.05) is 11.4 Å². The van der Waals surface area contributed by atoms with E-state index in [2.05, 4.69) is 0 Å². The van der Waals surface area contributed by atoms with Crippen LogP contribution in [-0.2, 0) is 9.59 Å². The lowest BCUT2D eigenvalue weighted by Gasteiger charge is -2.15. The maximum absolute atomic E-state index is 13.1. The zero-order valence-electron chi connectivity index (χ0n) is 7.97. The maximum Gasteiger partial charge on any atom is 0.294 e. The highest BCUT2D eigenvalue weighted by Crippen LogP contribution is 2.30. The molecular weight excluding hydrogens is 256 g/mol. The van der Waals surface area contributed by atoms with Crippen LogP contribution in [0.3, 0.4) is 0 Å². The van der Waals surface area contributed by atoms with Gasteiger partial charge in [-0.2, -0.15) is 0 Å². The first-order valence-electron chi connectivity index (χ1n) is 4.50. The Morgan fingerprint density at radius 3 is 2.19 bits per heavy atom. The van der Waals surface area contributed by atoms with Gasteiger partial charge in [-0.15, -0.1) is 0 Å². The number of hydrogen-bond donors (Lipinski definition) is 0. The van der Waals surface area contributed by atoms with Gasteiger partial charge in [0.2, 0.25) is 5.78 Å². The average Bonchev–Trinajstić information content (AvgIpc) is 2.56. The molecule has 1 heterocycles. The number of nitrogens with zero attached hydrogens (tertiary/aromatic N) is 1. The number of ketones is 1. The lowest BCUT2D eigenvalue weighted by atomic mass is 10.3. The highest BCUT2D eigenvalue weighted by Gasteiger charge is 2.30. The number of amides is 1. The first-order valence-corrected chi connectivity index (χ1v) is 5.25. The van der Waals surface area contributed by atoms with E-state index in [4.69, 9.17) is 23.2 Å². The van der Waals surface area contributed by atoms with Gasteiger partial charge < -0.3 is 4.90 Å². The lowest BCUT2D eigenvalue weighted by Crippen LogP contribution is -2.26. The standard InChI is InChI=1S/C10H6Cl2FNO2/c11-6-3-5(4-7(12)9(6)13)14-2-1-8(15)10(14)16/h3-4H,1-2H2. The predicted molar refractivity (Wildman–Crippen MR) is 58.4 cm³/mol. The number of benzene rings is 1. The SMILES string of the molecule is O=C1CCN(c2cc(Cl)c(F)c(Cl)c2)C1=O. The van der Waals surface area contributed by atoms with Gasteiger partial charge in [-0.3, -0.25) is 9.59 Å². The summed E-state index contributed by atoms with van der Waals surface area (Å²) in [5.41, 5.74) is 0.340. The molecule has 0 radical (unpaired) electrons. The molecule has 0 N–H and O–H groups in total. The van der Waals surface area contributed by atoms with Crippen LogP contribution in [0.25, 0.3) is 0 Å². The van der Waals surface area contributed by atoms with Crippen LogP contribution in [0.4, 0.5) is 10.1 Å². The highest BCUT2D eigenvalue weighted by atomic mass is 35.5. The van der Waals surface area contributed by atoms with E-state index >= 15 is 0 Å². The monoisotopic (exact) mass is 261 g/mol. The Balaban J connectivity index is 2.42. The van der Waals surface area contributed by atoms with Crippen molar-refractivity contribution in [2.45, 2.75) is 6.42 Å². The van der Waals surface area contributed by atoms with Gasteiger partial charge in [0.1, 0.15) is 0 Å². The van der Waals surface area contributed by atoms with E-state index in [9.17, 15) is 14.0 Å². The van der Waals surface area contributed by atoms with Gasteiger partial charge in [-0.05, 0) is 12.1 Å². The average molecular weight is 262 g/mol. The van der Waals surface area contributed by atoms with Crippen LogP contribution >= 0.6 is 23.2 Å². The minimum atomic E-state index is -0.731. The van der Waals surface area contributed by atoms with Crippen molar-refractivity contribution in [3.63, 3.8) is 0 Å². The van der Waals surface area contributed by atoms with Crippen molar-refractivity contribution in [1.29, 1.82) is 0 Å². The van der Waals surface area contributed by atoms with E-state index < -0.39 is 17.5 Å². The maximum atomic E-state index is 13.1. The fourth-order valence-electron chi connectivity index (χ4n) is 1.52. The molecule has 1 amide bonds. The second kappa shape index (κ2) is 4.03. The van der Waals surface area contributed by atoms with Gasteiger partial charge in [0.15, 0.2) is 5.82 Å². The molecule has 1 aromatic carbocycles. The van der Waals surface area contributed by atoms with Crippen LogP contribution in [0.5, 0.6) is 0 Å². The molecule has 0 bridgehead atoms. The molecule has 0 atom stereocenters. The van der Waals surface area contributed by atoms with E-state index in [0.29, 0.717) is 5.69 Å². The summed E-state index contributed by atoms with van der Waals surface area (Å²) in [4.78, 5) is 23.7. The first-order chi connectivity index (χ1) is 7.50. The topological polar surface area (TPSA) is 37.4 Å². The molecule has 0 unspecified atom stereocenters. The lowest BCUT2D eigenvalue weighted by molar-refractivity contribution is -0.133. The Kier molecular flexibility index (Phi) is 2.86. The van der Waals surface area contributed by atoms with Crippen LogP contribution in [0.2, 0.25) is 10.0 Å². The van der Waals surface area contributed by atoms with Crippen molar-refractivity contribution in [1.82, 2.24) is 0 Å². The number of hydrogen-bond acceptors (Lipinski definition) is 2. The molecule has 1 saturated heterocycles. The summed E-state index contributed by atoms with van der Waals surface area (Å²) >= 11 is 11.2. The normalized spacial score (nSPS) is 16.1. The van der Waals surface area contributed by atoms with Crippen molar-refractivity contribution in [3.8, 4) is 0 Å². The van der Waals surface area contributed by atoms with Crippen molar-refractivity contribution >= 4 is 40.6 Å². The molecule has 1 aliphatic heterocycles. The number of anilines is 1. The van der Waals surface area contributed by atoms with Crippen LogP contribution in [0.1, 0.15) is 6.42 Å². The number of rotatable bonds is 1. The molecule has 3 nitrogen and oxygen atoms in total. The van der Waals surface area contributed by atoms with Crippen molar-refractivity contribution in [3.05, 3.63) is 28.0 Å². The second-order valence-electron chi connectivity index (χ2n) is 3.35. The molecular formula is C10H6Cl2FNO2. The Morgan fingerprint density at radius 1 is 1.19 bits per heavy atom. The molecule has 16 heavy (non-hydrogen) atoms. The summed E-state index contributed by atoms with van der Waals surface area (Å²) in [7, 11) is 0. The van der Waals surface area contributed by atoms with E-state index in [-0.39, 0.29) is 23.0 Å². The van der Waals surface area contributed by atoms with Gasteiger partial charge in [0.25, 0.3) is 5.91 Å². The first kappa shape index (κ1) is 11.4. The molecule has 6 heteroatoms. The summed E-state index contributed by atoms with van der Waals surface area (Å²) in [5.74, 6) is -1.81. The number of carbonyl (C=O) groups excluding carboxylic acids is 2. The largest absolute Gasteiger partial charge is 0.305 e. The molecule has 2 rings (SSSR count). The number of halogens is 3. The summed E-state index contributed by atoms with van der Waals surface area (Å²) in [6, 6.07) is 2.55. The molecule has 1 aromatic rings.